The maximum atomic E-state index is 12.4. The van der Waals surface area contributed by atoms with Crippen LogP contribution in [0.3, 0.4) is 0 Å². The van der Waals surface area contributed by atoms with Crippen molar-refractivity contribution in [3.8, 4) is 5.75 Å². The molecule has 0 spiro atoms. The quantitative estimate of drug-likeness (QED) is 0.848. The van der Waals surface area contributed by atoms with Crippen molar-refractivity contribution < 1.29 is 9.53 Å². The first-order chi connectivity index (χ1) is 11.4. The number of hydrogen-bond donors (Lipinski definition) is 1. The van der Waals surface area contributed by atoms with Gasteiger partial charge in [0.15, 0.2) is 6.10 Å². The van der Waals surface area contributed by atoms with Gasteiger partial charge in [0, 0.05) is 0 Å². The Hall–Kier alpha value is -2.29. The summed E-state index contributed by atoms with van der Waals surface area (Å²) in [5, 5.41) is 3.04. The molecule has 0 bridgehead atoms. The Morgan fingerprint density at radius 1 is 1.08 bits per heavy atom. The molecule has 2 aromatic rings. The first-order valence-electron chi connectivity index (χ1n) is 8.54. The third-order valence-electron chi connectivity index (χ3n) is 4.42. The zero-order valence-electron chi connectivity index (χ0n) is 15.2. The van der Waals surface area contributed by atoms with Crippen LogP contribution in [0.2, 0.25) is 0 Å². The van der Waals surface area contributed by atoms with Gasteiger partial charge < -0.3 is 10.1 Å². The molecule has 0 heterocycles. The van der Waals surface area contributed by atoms with Gasteiger partial charge in [-0.2, -0.15) is 0 Å². The molecule has 24 heavy (non-hydrogen) atoms. The van der Waals surface area contributed by atoms with Gasteiger partial charge >= 0.3 is 0 Å². The van der Waals surface area contributed by atoms with Crippen LogP contribution in [-0.2, 0) is 11.2 Å². The minimum absolute atomic E-state index is 0.0516. The second kappa shape index (κ2) is 8.00. The number of ether oxygens (including phenoxy) is 1. The van der Waals surface area contributed by atoms with Crippen LogP contribution in [0.1, 0.15) is 49.1 Å². The predicted octanol–water partition coefficient (Wildman–Crippen LogP) is 4.51. The van der Waals surface area contributed by atoms with Crippen molar-refractivity contribution in [3.63, 3.8) is 0 Å². The maximum absolute atomic E-state index is 12.4. The number of benzene rings is 2. The van der Waals surface area contributed by atoms with E-state index in [0.717, 1.165) is 23.3 Å². The Morgan fingerprint density at radius 3 is 2.46 bits per heavy atom. The van der Waals surface area contributed by atoms with Crippen LogP contribution in [0.15, 0.2) is 42.5 Å². The SMILES string of the molecule is CCc1ccccc1O[C@@H](C)C(=O)N[C@H](C)c1ccc(C)c(C)c1. The van der Waals surface area contributed by atoms with Crippen molar-refractivity contribution in [3.05, 3.63) is 64.7 Å². The number of rotatable bonds is 6. The van der Waals surface area contributed by atoms with Gasteiger partial charge in [-0.25, -0.2) is 0 Å². The Balaban J connectivity index is 2.01. The molecule has 0 aliphatic carbocycles. The lowest BCUT2D eigenvalue weighted by atomic mass is 10.0. The third kappa shape index (κ3) is 4.38. The molecule has 0 radical (unpaired) electrons. The second-order valence-corrected chi connectivity index (χ2v) is 6.30. The zero-order chi connectivity index (χ0) is 17.7. The summed E-state index contributed by atoms with van der Waals surface area (Å²) in [6.45, 7) is 10.0. The standard InChI is InChI=1S/C21H27NO2/c1-6-18-9-7-8-10-20(18)24-17(5)21(23)22-16(4)19-12-11-14(2)15(3)13-19/h7-13,16-17H,6H2,1-5H3,(H,22,23)/t16-,17+/m1/s1. The summed E-state index contributed by atoms with van der Waals surface area (Å²) in [6.07, 6.45) is 0.343. The van der Waals surface area contributed by atoms with Crippen LogP contribution in [0.25, 0.3) is 0 Å². The third-order valence-corrected chi connectivity index (χ3v) is 4.42. The fourth-order valence-electron chi connectivity index (χ4n) is 2.60. The number of carbonyl (C=O) groups is 1. The molecule has 2 atom stereocenters. The molecule has 3 nitrogen and oxygen atoms in total. The molecule has 3 heteroatoms. The topological polar surface area (TPSA) is 38.3 Å². The van der Waals surface area contributed by atoms with E-state index in [1.165, 1.54) is 11.1 Å². The molecule has 0 fully saturated rings. The summed E-state index contributed by atoms with van der Waals surface area (Å²) < 4.78 is 5.87. The van der Waals surface area contributed by atoms with E-state index < -0.39 is 6.10 Å². The Kier molecular flexibility index (Phi) is 6.02. The van der Waals surface area contributed by atoms with Gasteiger partial charge in [-0.1, -0.05) is 43.3 Å². The number of nitrogens with one attached hydrogen (secondary N) is 1. The van der Waals surface area contributed by atoms with Crippen LogP contribution in [0.4, 0.5) is 0 Å². The first-order valence-corrected chi connectivity index (χ1v) is 8.54. The van der Waals surface area contributed by atoms with E-state index in [-0.39, 0.29) is 11.9 Å². The van der Waals surface area contributed by atoms with E-state index in [0.29, 0.717) is 0 Å². The van der Waals surface area contributed by atoms with Crippen molar-refractivity contribution in [1.29, 1.82) is 0 Å². The first kappa shape index (κ1) is 18.1. The highest BCUT2D eigenvalue weighted by Gasteiger charge is 2.18. The van der Waals surface area contributed by atoms with Crippen LogP contribution in [0.5, 0.6) is 5.75 Å². The fourth-order valence-corrected chi connectivity index (χ4v) is 2.60. The molecule has 0 unspecified atom stereocenters. The molecule has 0 aliphatic heterocycles. The van der Waals surface area contributed by atoms with Crippen molar-refractivity contribution in [2.45, 2.75) is 53.2 Å². The van der Waals surface area contributed by atoms with Gasteiger partial charge in [-0.3, -0.25) is 4.79 Å². The number of amides is 1. The van der Waals surface area contributed by atoms with Crippen LogP contribution in [0, 0.1) is 13.8 Å². The van der Waals surface area contributed by atoms with Crippen LogP contribution < -0.4 is 10.1 Å². The monoisotopic (exact) mass is 325 g/mol. The predicted molar refractivity (Wildman–Crippen MR) is 98.4 cm³/mol. The van der Waals surface area contributed by atoms with Crippen molar-refractivity contribution in [2.24, 2.45) is 0 Å². The Bertz CT molecular complexity index is 709. The molecular weight excluding hydrogens is 298 g/mol. The Morgan fingerprint density at radius 2 is 1.79 bits per heavy atom. The maximum Gasteiger partial charge on any atom is 0.261 e. The lowest BCUT2D eigenvalue weighted by molar-refractivity contribution is -0.127. The van der Waals surface area contributed by atoms with E-state index in [2.05, 4.69) is 44.3 Å². The van der Waals surface area contributed by atoms with Gasteiger partial charge in [0.25, 0.3) is 5.91 Å². The number of carbonyl (C=O) groups excluding carboxylic acids is 1. The molecule has 0 aromatic heterocycles. The van der Waals surface area contributed by atoms with E-state index in [9.17, 15) is 4.79 Å². The molecule has 0 aliphatic rings. The van der Waals surface area contributed by atoms with Crippen molar-refractivity contribution in [2.75, 3.05) is 0 Å². The molecule has 2 aromatic carbocycles. The molecule has 0 saturated heterocycles. The lowest BCUT2D eigenvalue weighted by Crippen LogP contribution is -2.37. The van der Waals surface area contributed by atoms with Gasteiger partial charge in [-0.05, 0) is 62.4 Å². The lowest BCUT2D eigenvalue weighted by Gasteiger charge is -2.20. The minimum atomic E-state index is -0.535. The fraction of sp³-hybridized carbons (Fsp3) is 0.381. The summed E-state index contributed by atoms with van der Waals surface area (Å²) in [7, 11) is 0. The van der Waals surface area contributed by atoms with E-state index in [1.807, 2.05) is 31.2 Å². The van der Waals surface area contributed by atoms with Gasteiger partial charge in [0.2, 0.25) is 0 Å². The van der Waals surface area contributed by atoms with Crippen LogP contribution >= 0.6 is 0 Å². The molecule has 1 amide bonds. The molecule has 2 rings (SSSR count). The Labute approximate surface area is 145 Å². The summed E-state index contributed by atoms with van der Waals surface area (Å²) in [5.41, 5.74) is 4.70. The summed E-state index contributed by atoms with van der Waals surface area (Å²) in [4.78, 5) is 12.4. The summed E-state index contributed by atoms with van der Waals surface area (Å²) in [5.74, 6) is 0.674. The van der Waals surface area contributed by atoms with E-state index in [4.69, 9.17) is 4.74 Å². The van der Waals surface area contributed by atoms with Crippen LogP contribution in [-0.4, -0.2) is 12.0 Å². The highest BCUT2D eigenvalue weighted by atomic mass is 16.5. The number of aryl methyl sites for hydroxylation is 3. The molecule has 0 saturated carbocycles. The normalized spacial score (nSPS) is 13.2. The average Bonchev–Trinajstić information content (AvgIpc) is 2.57. The number of hydrogen-bond acceptors (Lipinski definition) is 2. The average molecular weight is 325 g/mol. The second-order valence-electron chi connectivity index (χ2n) is 6.30. The zero-order valence-corrected chi connectivity index (χ0v) is 15.2. The van der Waals surface area contributed by atoms with E-state index >= 15 is 0 Å². The molecular formula is C21H27NO2. The van der Waals surface area contributed by atoms with Gasteiger partial charge in [0.05, 0.1) is 6.04 Å². The number of para-hydroxylation sites is 1. The summed E-state index contributed by atoms with van der Waals surface area (Å²) in [6, 6.07) is 14.1. The highest BCUT2D eigenvalue weighted by molar-refractivity contribution is 5.81. The minimum Gasteiger partial charge on any atom is -0.481 e. The highest BCUT2D eigenvalue weighted by Crippen LogP contribution is 2.21. The summed E-state index contributed by atoms with van der Waals surface area (Å²) >= 11 is 0. The van der Waals surface area contributed by atoms with Gasteiger partial charge in [0.1, 0.15) is 5.75 Å². The largest absolute Gasteiger partial charge is 0.481 e. The van der Waals surface area contributed by atoms with E-state index in [1.54, 1.807) is 6.92 Å². The smallest absolute Gasteiger partial charge is 0.261 e. The van der Waals surface area contributed by atoms with Crippen molar-refractivity contribution in [1.82, 2.24) is 5.32 Å². The molecule has 128 valence electrons. The van der Waals surface area contributed by atoms with Gasteiger partial charge in [-0.15, -0.1) is 0 Å². The van der Waals surface area contributed by atoms with Crippen molar-refractivity contribution >= 4 is 5.91 Å². The molecule has 1 N–H and O–H groups in total.